The predicted molar refractivity (Wildman–Crippen MR) is 70.9 cm³/mol. The lowest BCUT2D eigenvalue weighted by atomic mass is 10.1. The van der Waals surface area contributed by atoms with E-state index in [0.717, 1.165) is 44.7 Å². The third-order valence-electron chi connectivity index (χ3n) is 3.96. The van der Waals surface area contributed by atoms with Gasteiger partial charge in [-0.3, -0.25) is 9.69 Å². The molecule has 2 N–H and O–H groups in total. The van der Waals surface area contributed by atoms with Crippen LogP contribution in [-0.4, -0.2) is 41.4 Å². The number of fused-ring (bicyclic) bond motifs is 1. The van der Waals surface area contributed by atoms with Crippen LogP contribution in [0.4, 0.5) is 5.69 Å². The minimum absolute atomic E-state index is 0.340. The van der Waals surface area contributed by atoms with Crippen LogP contribution in [0.2, 0.25) is 0 Å². The molecule has 0 aromatic heterocycles. The van der Waals surface area contributed by atoms with Crippen LogP contribution >= 0.6 is 0 Å². The van der Waals surface area contributed by atoms with Gasteiger partial charge in [0.15, 0.2) is 0 Å². The Morgan fingerprint density at radius 1 is 1.22 bits per heavy atom. The van der Waals surface area contributed by atoms with Crippen molar-refractivity contribution >= 4 is 11.6 Å². The average molecular weight is 245 g/mol. The molecule has 0 saturated carbocycles. The van der Waals surface area contributed by atoms with Crippen molar-refractivity contribution in [1.82, 2.24) is 9.80 Å². The summed E-state index contributed by atoms with van der Waals surface area (Å²) in [5.74, 6) is 0.340. The number of nitrogen functional groups attached to an aromatic ring is 1. The largest absolute Gasteiger partial charge is 0.399 e. The van der Waals surface area contributed by atoms with E-state index >= 15 is 0 Å². The molecule has 0 aliphatic carbocycles. The molecule has 4 nitrogen and oxygen atoms in total. The number of amides is 1. The molecule has 4 heteroatoms. The quantitative estimate of drug-likeness (QED) is 0.793. The number of benzene rings is 1. The van der Waals surface area contributed by atoms with Crippen LogP contribution in [0.15, 0.2) is 24.3 Å². The van der Waals surface area contributed by atoms with E-state index in [1.165, 1.54) is 5.56 Å². The van der Waals surface area contributed by atoms with E-state index < -0.39 is 0 Å². The number of carbonyl (C=O) groups excluding carboxylic acids is 1. The van der Waals surface area contributed by atoms with Crippen LogP contribution in [-0.2, 0) is 11.3 Å². The van der Waals surface area contributed by atoms with Crippen molar-refractivity contribution in [3.05, 3.63) is 29.8 Å². The summed E-state index contributed by atoms with van der Waals surface area (Å²) in [4.78, 5) is 16.1. The zero-order valence-electron chi connectivity index (χ0n) is 10.5. The molecule has 2 aliphatic heterocycles. The molecule has 2 fully saturated rings. The molecule has 0 spiro atoms. The topological polar surface area (TPSA) is 49.6 Å². The lowest BCUT2D eigenvalue weighted by Crippen LogP contribution is -2.50. The molecule has 1 unspecified atom stereocenters. The third-order valence-corrected chi connectivity index (χ3v) is 3.96. The maximum absolute atomic E-state index is 11.6. The van der Waals surface area contributed by atoms with Gasteiger partial charge < -0.3 is 10.6 Å². The molecule has 2 saturated heterocycles. The second-order valence-electron chi connectivity index (χ2n) is 5.26. The predicted octanol–water partition coefficient (Wildman–Crippen LogP) is 1.08. The van der Waals surface area contributed by atoms with Crippen LogP contribution < -0.4 is 5.73 Å². The molecule has 1 amide bonds. The van der Waals surface area contributed by atoms with E-state index in [1.807, 2.05) is 12.1 Å². The van der Waals surface area contributed by atoms with Gasteiger partial charge in [0.2, 0.25) is 5.91 Å². The summed E-state index contributed by atoms with van der Waals surface area (Å²) in [5, 5.41) is 0. The normalized spacial score (nSPS) is 24.3. The molecule has 1 atom stereocenters. The molecular weight excluding hydrogens is 226 g/mol. The number of rotatable bonds is 2. The highest BCUT2D eigenvalue weighted by molar-refractivity contribution is 5.78. The zero-order chi connectivity index (χ0) is 12.5. The van der Waals surface area contributed by atoms with Gasteiger partial charge in [0.05, 0.1) is 0 Å². The lowest BCUT2D eigenvalue weighted by Gasteiger charge is -2.37. The van der Waals surface area contributed by atoms with Gasteiger partial charge in [-0.2, -0.15) is 0 Å². The first-order valence-electron chi connectivity index (χ1n) is 6.58. The fraction of sp³-hybridized carbons (Fsp3) is 0.500. The molecular formula is C14H19N3O. The Kier molecular flexibility index (Phi) is 2.96. The average Bonchev–Trinajstić information content (AvgIpc) is 2.74. The molecule has 1 aromatic rings. The second kappa shape index (κ2) is 4.61. The van der Waals surface area contributed by atoms with Crippen molar-refractivity contribution in [1.29, 1.82) is 0 Å². The van der Waals surface area contributed by atoms with Gasteiger partial charge in [0, 0.05) is 44.3 Å². The first-order valence-corrected chi connectivity index (χ1v) is 6.58. The van der Waals surface area contributed by atoms with E-state index in [4.69, 9.17) is 5.73 Å². The molecule has 0 radical (unpaired) electrons. The van der Waals surface area contributed by atoms with Crippen molar-refractivity contribution in [3.8, 4) is 0 Å². The number of nitrogens with two attached hydrogens (primary N) is 1. The number of carbonyl (C=O) groups is 1. The van der Waals surface area contributed by atoms with Crippen LogP contribution in [0.5, 0.6) is 0 Å². The molecule has 96 valence electrons. The van der Waals surface area contributed by atoms with E-state index in [9.17, 15) is 4.79 Å². The minimum Gasteiger partial charge on any atom is -0.399 e. The Morgan fingerprint density at radius 2 is 2.00 bits per heavy atom. The van der Waals surface area contributed by atoms with Gasteiger partial charge in [-0.25, -0.2) is 0 Å². The molecule has 0 bridgehead atoms. The van der Waals surface area contributed by atoms with Crippen LogP contribution in [0.25, 0.3) is 0 Å². The van der Waals surface area contributed by atoms with Crippen LogP contribution in [0.3, 0.4) is 0 Å². The Morgan fingerprint density at radius 3 is 2.78 bits per heavy atom. The summed E-state index contributed by atoms with van der Waals surface area (Å²) in [6.45, 7) is 3.83. The zero-order valence-corrected chi connectivity index (χ0v) is 10.5. The first-order chi connectivity index (χ1) is 8.72. The number of nitrogens with zero attached hydrogens (tertiary/aromatic N) is 2. The third kappa shape index (κ3) is 2.20. The van der Waals surface area contributed by atoms with Gasteiger partial charge >= 0.3 is 0 Å². The summed E-state index contributed by atoms with van der Waals surface area (Å²) >= 11 is 0. The summed E-state index contributed by atoms with van der Waals surface area (Å²) < 4.78 is 0. The van der Waals surface area contributed by atoms with E-state index in [-0.39, 0.29) is 0 Å². The van der Waals surface area contributed by atoms with Gasteiger partial charge in [-0.15, -0.1) is 0 Å². The Hall–Kier alpha value is -1.55. The van der Waals surface area contributed by atoms with E-state index in [1.54, 1.807) is 0 Å². The summed E-state index contributed by atoms with van der Waals surface area (Å²) in [6.07, 6.45) is 1.76. The maximum Gasteiger partial charge on any atom is 0.222 e. The van der Waals surface area contributed by atoms with Gasteiger partial charge in [0.1, 0.15) is 0 Å². The molecule has 2 aliphatic rings. The van der Waals surface area contributed by atoms with Crippen LogP contribution in [0, 0.1) is 0 Å². The number of anilines is 1. The second-order valence-corrected chi connectivity index (χ2v) is 5.26. The highest BCUT2D eigenvalue weighted by Gasteiger charge is 2.35. The van der Waals surface area contributed by atoms with Crippen molar-refractivity contribution in [3.63, 3.8) is 0 Å². The van der Waals surface area contributed by atoms with Crippen molar-refractivity contribution in [2.45, 2.75) is 25.4 Å². The molecule has 18 heavy (non-hydrogen) atoms. The van der Waals surface area contributed by atoms with Crippen molar-refractivity contribution < 1.29 is 4.79 Å². The highest BCUT2D eigenvalue weighted by Crippen LogP contribution is 2.23. The Bertz CT molecular complexity index is 443. The molecule has 2 heterocycles. The lowest BCUT2D eigenvalue weighted by molar-refractivity contribution is -0.130. The number of hydrogen-bond donors (Lipinski definition) is 1. The smallest absolute Gasteiger partial charge is 0.222 e. The van der Waals surface area contributed by atoms with Gasteiger partial charge in [-0.05, 0) is 24.1 Å². The SMILES string of the molecule is Nc1ccc(CN2CCN3C(=O)CCC3C2)cc1. The summed E-state index contributed by atoms with van der Waals surface area (Å²) in [7, 11) is 0. The highest BCUT2D eigenvalue weighted by atomic mass is 16.2. The summed E-state index contributed by atoms with van der Waals surface area (Å²) in [5.41, 5.74) is 7.79. The Balaban J connectivity index is 1.62. The number of hydrogen-bond acceptors (Lipinski definition) is 3. The standard InChI is InChI=1S/C14H19N3O/c15-12-3-1-11(2-4-12)9-16-7-8-17-13(10-16)5-6-14(17)18/h1-4,13H,5-10,15H2. The van der Waals surface area contributed by atoms with Crippen LogP contribution in [0.1, 0.15) is 18.4 Å². The minimum atomic E-state index is 0.340. The van der Waals surface area contributed by atoms with Crippen molar-refractivity contribution in [2.24, 2.45) is 0 Å². The van der Waals surface area contributed by atoms with Gasteiger partial charge in [-0.1, -0.05) is 12.1 Å². The van der Waals surface area contributed by atoms with Crippen molar-refractivity contribution in [2.75, 3.05) is 25.4 Å². The first kappa shape index (κ1) is 11.5. The summed E-state index contributed by atoms with van der Waals surface area (Å²) in [6, 6.07) is 8.51. The molecule has 1 aromatic carbocycles. The monoisotopic (exact) mass is 245 g/mol. The maximum atomic E-state index is 11.6. The number of piperazine rings is 1. The van der Waals surface area contributed by atoms with Gasteiger partial charge in [0.25, 0.3) is 0 Å². The Labute approximate surface area is 107 Å². The van der Waals surface area contributed by atoms with E-state index in [0.29, 0.717) is 11.9 Å². The van der Waals surface area contributed by atoms with E-state index in [2.05, 4.69) is 21.9 Å². The fourth-order valence-electron chi connectivity index (χ4n) is 2.95. The molecule has 3 rings (SSSR count). The fourth-order valence-corrected chi connectivity index (χ4v) is 2.95.